The molecule has 2 aromatic rings. The summed E-state index contributed by atoms with van der Waals surface area (Å²) < 4.78 is 0. The second-order valence-corrected chi connectivity index (χ2v) is 4.28. The van der Waals surface area contributed by atoms with Gasteiger partial charge in [0.15, 0.2) is 5.82 Å². The minimum Gasteiger partial charge on any atom is -0.382 e. The maximum atomic E-state index is 11.9. The summed E-state index contributed by atoms with van der Waals surface area (Å²) in [4.78, 5) is 11.9. The van der Waals surface area contributed by atoms with Crippen molar-refractivity contribution in [2.75, 3.05) is 5.73 Å². The van der Waals surface area contributed by atoms with E-state index in [1.54, 1.807) is 6.92 Å². The number of aryl methyl sites for hydroxylation is 2. The molecule has 0 aliphatic heterocycles. The maximum absolute atomic E-state index is 11.9. The van der Waals surface area contributed by atoms with Gasteiger partial charge in [-0.05, 0) is 19.4 Å². The molecule has 0 aliphatic rings. The Hall–Kier alpha value is -2.30. The number of nitrogens with zero attached hydrogens (tertiary/aromatic N) is 1. The van der Waals surface area contributed by atoms with E-state index in [1.165, 1.54) is 5.56 Å². The Kier molecular flexibility index (Phi) is 3.32. The molecule has 1 aromatic heterocycles. The molecule has 18 heavy (non-hydrogen) atoms. The number of nitrogen functional groups attached to an aromatic ring is 1. The van der Waals surface area contributed by atoms with E-state index in [4.69, 9.17) is 5.73 Å². The van der Waals surface area contributed by atoms with E-state index in [2.05, 4.69) is 15.5 Å². The minimum atomic E-state index is -0.209. The van der Waals surface area contributed by atoms with E-state index in [-0.39, 0.29) is 11.7 Å². The molecule has 2 rings (SSSR count). The molecule has 0 atom stereocenters. The molecule has 5 nitrogen and oxygen atoms in total. The fraction of sp³-hybridized carbons (Fsp3) is 0.231. The van der Waals surface area contributed by atoms with Crippen molar-refractivity contribution in [2.24, 2.45) is 0 Å². The third kappa shape index (κ3) is 2.51. The molecule has 94 valence electrons. The molecule has 0 spiro atoms. The van der Waals surface area contributed by atoms with Crippen LogP contribution in [0.25, 0.3) is 0 Å². The second kappa shape index (κ2) is 4.91. The number of aromatic amines is 1. The van der Waals surface area contributed by atoms with Crippen LogP contribution < -0.4 is 11.1 Å². The summed E-state index contributed by atoms with van der Waals surface area (Å²) in [6.07, 6.45) is 0. The summed E-state index contributed by atoms with van der Waals surface area (Å²) in [5.74, 6) is 0.0215. The first-order valence-corrected chi connectivity index (χ1v) is 5.72. The van der Waals surface area contributed by atoms with E-state index in [0.717, 1.165) is 5.56 Å². The topological polar surface area (TPSA) is 83.8 Å². The number of rotatable bonds is 3. The normalized spacial score (nSPS) is 10.3. The van der Waals surface area contributed by atoms with Crippen LogP contribution in [0.5, 0.6) is 0 Å². The van der Waals surface area contributed by atoms with E-state index in [1.807, 2.05) is 31.2 Å². The largest absolute Gasteiger partial charge is 0.382 e. The van der Waals surface area contributed by atoms with Crippen LogP contribution in [0.2, 0.25) is 0 Å². The molecule has 4 N–H and O–H groups in total. The molecule has 1 amide bonds. The number of anilines is 1. The summed E-state index contributed by atoms with van der Waals surface area (Å²) in [5.41, 5.74) is 8.97. The molecule has 0 bridgehead atoms. The van der Waals surface area contributed by atoms with Gasteiger partial charge in [-0.1, -0.05) is 29.8 Å². The number of carbonyl (C=O) groups excluding carboxylic acids is 1. The van der Waals surface area contributed by atoms with Gasteiger partial charge in [-0.15, -0.1) is 0 Å². The predicted molar refractivity (Wildman–Crippen MR) is 70.1 cm³/mol. The van der Waals surface area contributed by atoms with Gasteiger partial charge in [-0.2, -0.15) is 5.10 Å². The predicted octanol–water partition coefficient (Wildman–Crippen LogP) is 1.54. The van der Waals surface area contributed by atoms with Crippen LogP contribution in [0.15, 0.2) is 24.3 Å². The lowest BCUT2D eigenvalue weighted by Crippen LogP contribution is -2.24. The van der Waals surface area contributed by atoms with Crippen molar-refractivity contribution in [1.29, 1.82) is 0 Å². The maximum Gasteiger partial charge on any atom is 0.257 e. The van der Waals surface area contributed by atoms with Crippen molar-refractivity contribution < 1.29 is 4.79 Å². The average Bonchev–Trinajstić information content (AvgIpc) is 2.68. The fourth-order valence-electron chi connectivity index (χ4n) is 1.71. The first kappa shape index (κ1) is 12.2. The number of nitrogens with one attached hydrogen (secondary N) is 2. The first-order chi connectivity index (χ1) is 8.58. The van der Waals surface area contributed by atoms with Gasteiger partial charge >= 0.3 is 0 Å². The van der Waals surface area contributed by atoms with Crippen LogP contribution >= 0.6 is 0 Å². The number of aromatic nitrogens is 2. The second-order valence-electron chi connectivity index (χ2n) is 4.28. The van der Waals surface area contributed by atoms with Crippen molar-refractivity contribution in [3.8, 4) is 0 Å². The Morgan fingerprint density at radius 3 is 2.56 bits per heavy atom. The van der Waals surface area contributed by atoms with Gasteiger partial charge in [0, 0.05) is 12.2 Å². The number of H-pyrrole nitrogens is 1. The Morgan fingerprint density at radius 1 is 1.33 bits per heavy atom. The van der Waals surface area contributed by atoms with Crippen molar-refractivity contribution >= 4 is 11.7 Å². The Balaban J connectivity index is 2.03. The summed E-state index contributed by atoms with van der Waals surface area (Å²) in [6.45, 7) is 4.27. The number of amides is 1. The van der Waals surface area contributed by atoms with Gasteiger partial charge in [-0.25, -0.2) is 0 Å². The molecular formula is C13H16N4O. The SMILES string of the molecule is Cc1ccc(CNC(=O)c2c(N)n[nH]c2C)cc1. The smallest absolute Gasteiger partial charge is 0.257 e. The van der Waals surface area contributed by atoms with Gasteiger partial charge in [0.1, 0.15) is 5.56 Å². The number of hydrogen-bond acceptors (Lipinski definition) is 3. The number of benzene rings is 1. The Bertz CT molecular complexity index is 537. The van der Waals surface area contributed by atoms with E-state index in [0.29, 0.717) is 17.8 Å². The number of nitrogens with two attached hydrogens (primary N) is 1. The summed E-state index contributed by atoms with van der Waals surface area (Å²) in [7, 11) is 0. The molecule has 0 fully saturated rings. The summed E-state index contributed by atoms with van der Waals surface area (Å²) in [5, 5.41) is 9.31. The van der Waals surface area contributed by atoms with Gasteiger partial charge in [0.25, 0.3) is 5.91 Å². The molecule has 0 radical (unpaired) electrons. The van der Waals surface area contributed by atoms with Crippen molar-refractivity contribution in [3.63, 3.8) is 0 Å². The van der Waals surface area contributed by atoms with E-state index >= 15 is 0 Å². The molecule has 0 saturated heterocycles. The lowest BCUT2D eigenvalue weighted by atomic mass is 10.1. The molecule has 0 unspecified atom stereocenters. The fourth-order valence-corrected chi connectivity index (χ4v) is 1.71. The Morgan fingerprint density at radius 2 is 2.00 bits per heavy atom. The zero-order chi connectivity index (χ0) is 13.1. The van der Waals surface area contributed by atoms with Crippen LogP contribution in [0.3, 0.4) is 0 Å². The first-order valence-electron chi connectivity index (χ1n) is 5.72. The van der Waals surface area contributed by atoms with Crippen LogP contribution in [0, 0.1) is 13.8 Å². The average molecular weight is 244 g/mol. The zero-order valence-electron chi connectivity index (χ0n) is 10.4. The summed E-state index contributed by atoms with van der Waals surface area (Å²) in [6, 6.07) is 8.00. The van der Waals surface area contributed by atoms with Crippen molar-refractivity contribution in [2.45, 2.75) is 20.4 Å². The highest BCUT2D eigenvalue weighted by atomic mass is 16.1. The van der Waals surface area contributed by atoms with Gasteiger partial charge in [-0.3, -0.25) is 9.89 Å². The lowest BCUT2D eigenvalue weighted by molar-refractivity contribution is 0.0951. The van der Waals surface area contributed by atoms with Crippen molar-refractivity contribution in [1.82, 2.24) is 15.5 Å². The quantitative estimate of drug-likeness (QED) is 0.765. The molecular weight excluding hydrogens is 228 g/mol. The van der Waals surface area contributed by atoms with Gasteiger partial charge < -0.3 is 11.1 Å². The van der Waals surface area contributed by atoms with Crippen LogP contribution in [0.4, 0.5) is 5.82 Å². The monoisotopic (exact) mass is 244 g/mol. The molecule has 1 aromatic carbocycles. The van der Waals surface area contributed by atoms with Crippen LogP contribution in [0.1, 0.15) is 27.2 Å². The standard InChI is InChI=1S/C13H16N4O/c1-8-3-5-10(6-4-8)7-15-13(18)11-9(2)16-17-12(11)14/h3-6H,7H2,1-2H3,(H,15,18)(H3,14,16,17). The number of carbonyl (C=O) groups is 1. The molecule has 0 aliphatic carbocycles. The van der Waals surface area contributed by atoms with Crippen molar-refractivity contribution in [3.05, 3.63) is 46.6 Å². The molecule has 1 heterocycles. The highest BCUT2D eigenvalue weighted by Crippen LogP contribution is 2.12. The van der Waals surface area contributed by atoms with Gasteiger partial charge in [0.05, 0.1) is 0 Å². The lowest BCUT2D eigenvalue weighted by Gasteiger charge is -2.05. The van der Waals surface area contributed by atoms with E-state index < -0.39 is 0 Å². The highest BCUT2D eigenvalue weighted by Gasteiger charge is 2.15. The Labute approximate surface area is 105 Å². The summed E-state index contributed by atoms with van der Waals surface area (Å²) >= 11 is 0. The zero-order valence-corrected chi connectivity index (χ0v) is 10.4. The third-order valence-corrected chi connectivity index (χ3v) is 2.78. The highest BCUT2D eigenvalue weighted by molar-refractivity contribution is 5.99. The molecule has 0 saturated carbocycles. The number of hydrogen-bond donors (Lipinski definition) is 3. The molecule has 5 heteroatoms. The van der Waals surface area contributed by atoms with Gasteiger partial charge in [0.2, 0.25) is 0 Å². The van der Waals surface area contributed by atoms with Crippen LogP contribution in [-0.4, -0.2) is 16.1 Å². The minimum absolute atomic E-state index is 0.209. The van der Waals surface area contributed by atoms with E-state index in [9.17, 15) is 4.79 Å². The third-order valence-electron chi connectivity index (χ3n) is 2.78. The van der Waals surface area contributed by atoms with Crippen LogP contribution in [-0.2, 0) is 6.54 Å².